The summed E-state index contributed by atoms with van der Waals surface area (Å²) in [6.45, 7) is 2.20. The van der Waals surface area contributed by atoms with Crippen LogP contribution in [0.5, 0.6) is 0 Å². The van der Waals surface area contributed by atoms with Crippen molar-refractivity contribution >= 4 is 28.9 Å². The Morgan fingerprint density at radius 2 is 1.57 bits per heavy atom. The Hall–Kier alpha value is 0.537. The van der Waals surface area contributed by atoms with Crippen molar-refractivity contribution in [2.24, 2.45) is 0 Å². The molecule has 0 aliphatic rings. The van der Waals surface area contributed by atoms with Crippen molar-refractivity contribution in [2.45, 2.75) is 58.4 Å². The summed E-state index contributed by atoms with van der Waals surface area (Å²) in [4.78, 5) is 0. The molecule has 0 saturated heterocycles. The smallest absolute Gasteiger partial charge is 0.141 e. The zero-order valence-electron chi connectivity index (χ0n) is 9.36. The van der Waals surface area contributed by atoms with Crippen molar-refractivity contribution in [1.29, 1.82) is 0 Å². The number of allylic oxidation sites excluding steroid dienone is 1. The normalized spacial score (nSPS) is 12.6. The quantitative estimate of drug-likeness (QED) is 0.309. The highest BCUT2D eigenvalue weighted by Crippen LogP contribution is 2.16. The third-order valence-electron chi connectivity index (χ3n) is 2.13. The van der Waals surface area contributed by atoms with Crippen LogP contribution in [0.2, 0.25) is 6.55 Å². The topological polar surface area (TPSA) is 0 Å². The van der Waals surface area contributed by atoms with Crippen molar-refractivity contribution in [3.63, 3.8) is 0 Å². The number of rotatable bonds is 8. The van der Waals surface area contributed by atoms with Crippen LogP contribution in [-0.4, -0.2) is 6.69 Å². The van der Waals surface area contributed by atoms with Gasteiger partial charge in [0.25, 0.3) is 6.69 Å². The Bertz CT molecular complexity index is 150. The first-order valence-electron chi connectivity index (χ1n) is 5.62. The van der Waals surface area contributed by atoms with Gasteiger partial charge in [0.05, 0.1) is 0 Å². The molecule has 0 radical (unpaired) electrons. The molecule has 84 valence electrons. The zero-order chi connectivity index (χ0) is 10.9. The molecule has 0 bridgehead atoms. The van der Waals surface area contributed by atoms with Crippen molar-refractivity contribution in [1.82, 2.24) is 0 Å². The van der Waals surface area contributed by atoms with Gasteiger partial charge in [0.1, 0.15) is 0 Å². The van der Waals surface area contributed by atoms with Crippen LogP contribution in [0.4, 0.5) is 0 Å². The van der Waals surface area contributed by atoms with Crippen LogP contribution in [0.3, 0.4) is 0 Å². The molecule has 0 saturated carbocycles. The Morgan fingerprint density at radius 1 is 1.00 bits per heavy atom. The van der Waals surface area contributed by atoms with E-state index < -0.39 is 6.69 Å². The summed E-state index contributed by atoms with van der Waals surface area (Å²) in [5, 5.41) is 0. The summed E-state index contributed by atoms with van der Waals surface area (Å²) in [5.41, 5.74) is 2.00. The van der Waals surface area contributed by atoms with Gasteiger partial charge in [-0.1, -0.05) is 50.8 Å². The first-order valence-corrected chi connectivity index (χ1v) is 10.2. The predicted octanol–water partition coefficient (Wildman–Crippen LogP) is 5.38. The van der Waals surface area contributed by atoms with Crippen LogP contribution < -0.4 is 0 Å². The summed E-state index contributed by atoms with van der Waals surface area (Å²) >= 11 is 11.9. The molecule has 0 fully saturated rings. The van der Waals surface area contributed by atoms with Gasteiger partial charge >= 0.3 is 0 Å². The molecule has 0 aromatic heterocycles. The van der Waals surface area contributed by atoms with E-state index in [1.54, 1.807) is 0 Å². The van der Waals surface area contributed by atoms with Gasteiger partial charge < -0.3 is 0 Å². The fraction of sp³-hybridized carbons (Fsp3) is 0.818. The highest BCUT2D eigenvalue weighted by molar-refractivity contribution is 7.47. The van der Waals surface area contributed by atoms with Crippen LogP contribution in [0.25, 0.3) is 0 Å². The van der Waals surface area contributed by atoms with Gasteiger partial charge in [-0.25, -0.2) is 0 Å². The third kappa shape index (κ3) is 12.5. The van der Waals surface area contributed by atoms with Gasteiger partial charge in [-0.05, 0) is 19.4 Å². The monoisotopic (exact) mass is 252 g/mol. The first kappa shape index (κ1) is 14.5. The Kier molecular flexibility index (Phi) is 9.15. The van der Waals surface area contributed by atoms with Gasteiger partial charge in [0.15, 0.2) is 0 Å². The molecule has 0 aliphatic heterocycles. The average Bonchev–Trinajstić information content (AvgIpc) is 2.08. The number of hydrogen-bond acceptors (Lipinski definition) is 0. The fourth-order valence-corrected chi connectivity index (χ4v) is 2.45. The predicted molar refractivity (Wildman–Crippen MR) is 70.5 cm³/mol. The fourth-order valence-electron chi connectivity index (χ4n) is 1.33. The minimum Gasteiger partial charge on any atom is -0.141 e. The van der Waals surface area contributed by atoms with Crippen molar-refractivity contribution in [3.8, 4) is 0 Å². The minimum absolute atomic E-state index is 1.13. The van der Waals surface area contributed by atoms with Crippen molar-refractivity contribution < 1.29 is 0 Å². The maximum absolute atomic E-state index is 5.93. The van der Waals surface area contributed by atoms with Gasteiger partial charge in [0, 0.05) is 0 Å². The zero-order valence-corrected chi connectivity index (χ0v) is 11.9. The molecular weight excluding hydrogens is 231 g/mol. The summed E-state index contributed by atoms with van der Waals surface area (Å²) < 4.78 is 0. The average molecular weight is 253 g/mol. The first-order chi connectivity index (χ1) is 6.56. The molecule has 0 rings (SSSR count). The van der Waals surface area contributed by atoms with Gasteiger partial charge in [-0.15, -0.1) is 22.2 Å². The molecule has 0 N–H and O–H groups in total. The second kappa shape index (κ2) is 8.81. The Balaban J connectivity index is 3.17. The van der Waals surface area contributed by atoms with E-state index in [-0.39, 0.29) is 0 Å². The van der Waals surface area contributed by atoms with E-state index >= 15 is 0 Å². The lowest BCUT2D eigenvalue weighted by Crippen LogP contribution is -2.07. The van der Waals surface area contributed by atoms with E-state index in [2.05, 4.69) is 13.0 Å². The maximum atomic E-state index is 5.93. The highest BCUT2D eigenvalue weighted by Gasteiger charge is 2.14. The van der Waals surface area contributed by atoms with Gasteiger partial charge in [-0.3, -0.25) is 0 Å². The lowest BCUT2D eigenvalue weighted by atomic mass is 10.1. The second-order valence-electron chi connectivity index (χ2n) is 3.92. The van der Waals surface area contributed by atoms with Crippen LogP contribution in [0.1, 0.15) is 51.9 Å². The summed E-state index contributed by atoms with van der Waals surface area (Å²) in [6, 6.07) is 0. The van der Waals surface area contributed by atoms with Crippen LogP contribution in [0.15, 0.2) is 11.8 Å². The maximum Gasteiger partial charge on any atom is 0.270 e. The van der Waals surface area contributed by atoms with E-state index in [1.165, 1.54) is 38.5 Å². The summed E-state index contributed by atoms with van der Waals surface area (Å²) in [7, 11) is 0. The number of hydrogen-bond donors (Lipinski definition) is 0. The van der Waals surface area contributed by atoms with Gasteiger partial charge in [-0.2, -0.15) is 0 Å². The highest BCUT2D eigenvalue weighted by atomic mass is 35.7. The molecule has 14 heavy (non-hydrogen) atoms. The van der Waals surface area contributed by atoms with Crippen LogP contribution >= 0.6 is 22.2 Å². The van der Waals surface area contributed by atoms with Crippen LogP contribution in [0, 0.1) is 0 Å². The molecule has 0 heterocycles. The number of unbranched alkanes of at least 4 members (excludes halogenated alkanes) is 6. The van der Waals surface area contributed by atoms with E-state index in [1.807, 2.05) is 12.2 Å². The molecule has 0 amide bonds. The molecule has 0 atom stereocenters. The second-order valence-corrected chi connectivity index (χ2v) is 11.5. The molecule has 0 nitrogen and oxygen atoms in total. The number of halogens is 2. The molecular formula is C11H22Cl2Si. The minimum atomic E-state index is -1.97. The van der Waals surface area contributed by atoms with Gasteiger partial charge in [0.2, 0.25) is 0 Å². The van der Waals surface area contributed by atoms with Crippen LogP contribution in [-0.2, 0) is 0 Å². The van der Waals surface area contributed by atoms with E-state index in [0.717, 1.165) is 6.42 Å². The Morgan fingerprint density at radius 3 is 2.14 bits per heavy atom. The molecule has 0 unspecified atom stereocenters. The van der Waals surface area contributed by atoms with Crippen molar-refractivity contribution in [3.05, 3.63) is 11.8 Å². The lowest BCUT2D eigenvalue weighted by molar-refractivity contribution is 0.611. The summed E-state index contributed by atoms with van der Waals surface area (Å²) in [5.74, 6) is 0. The molecule has 0 aromatic carbocycles. The third-order valence-corrected chi connectivity index (χ3v) is 3.71. The molecule has 0 aliphatic carbocycles. The Labute approximate surface area is 99.1 Å². The summed E-state index contributed by atoms with van der Waals surface area (Å²) in [6.07, 6.45) is 11.4. The SMILES string of the molecule is CCCCCCCCC=C[Si](C)(Cl)Cl. The molecule has 3 heteroatoms. The lowest BCUT2D eigenvalue weighted by Gasteiger charge is -2.01. The van der Waals surface area contributed by atoms with E-state index in [9.17, 15) is 0 Å². The van der Waals surface area contributed by atoms with Crippen molar-refractivity contribution in [2.75, 3.05) is 0 Å². The van der Waals surface area contributed by atoms with E-state index in [4.69, 9.17) is 22.2 Å². The largest absolute Gasteiger partial charge is 0.270 e. The van der Waals surface area contributed by atoms with E-state index in [0.29, 0.717) is 0 Å². The molecule has 0 spiro atoms. The standard InChI is InChI=1S/C11H22Cl2Si/c1-3-4-5-6-7-8-9-10-11-14(2,12)13/h10-11H,3-9H2,1-2H3. The molecule has 0 aromatic rings.